The van der Waals surface area contributed by atoms with Crippen LogP contribution < -0.4 is 5.73 Å². The van der Waals surface area contributed by atoms with E-state index in [1.165, 1.54) is 19.3 Å². The summed E-state index contributed by atoms with van der Waals surface area (Å²) in [5, 5.41) is 0.360. The molecule has 4 nitrogen and oxygen atoms in total. The summed E-state index contributed by atoms with van der Waals surface area (Å²) in [5.74, 6) is 0.993. The van der Waals surface area contributed by atoms with Crippen LogP contribution in [0, 0.1) is 5.92 Å². The minimum Gasteiger partial charge on any atom is -0.384 e. The van der Waals surface area contributed by atoms with Gasteiger partial charge in [-0.15, -0.1) is 0 Å². The first-order chi connectivity index (χ1) is 9.52. The standard InChI is InChI=1S/C15H22ClN3O/c1-3-10-4-6-11(7-5-10)19(2)15(20)14-12(16)8-9-13(17)18-14/h8-11H,3-7H2,1-2H3,(H2,17,18). The summed E-state index contributed by atoms with van der Waals surface area (Å²) in [7, 11) is 1.83. The predicted octanol–water partition coefficient (Wildman–Crippen LogP) is 3.36. The third kappa shape index (κ3) is 3.23. The maximum Gasteiger partial charge on any atom is 0.274 e. The number of rotatable bonds is 3. The van der Waals surface area contributed by atoms with Gasteiger partial charge in [-0.1, -0.05) is 24.9 Å². The maximum atomic E-state index is 12.5. The Hall–Kier alpha value is -1.29. The van der Waals surface area contributed by atoms with Crippen molar-refractivity contribution in [3.63, 3.8) is 0 Å². The molecule has 2 N–H and O–H groups in total. The van der Waals surface area contributed by atoms with Crippen LogP contribution in [0.25, 0.3) is 0 Å². The number of carbonyl (C=O) groups is 1. The molecule has 0 aliphatic heterocycles. The van der Waals surface area contributed by atoms with E-state index >= 15 is 0 Å². The van der Waals surface area contributed by atoms with Crippen LogP contribution in [0.4, 0.5) is 5.82 Å². The lowest BCUT2D eigenvalue weighted by atomic mass is 9.84. The lowest BCUT2D eigenvalue weighted by molar-refractivity contribution is 0.0669. The molecule has 2 rings (SSSR count). The van der Waals surface area contributed by atoms with Crippen molar-refractivity contribution in [3.05, 3.63) is 22.8 Å². The molecule has 0 atom stereocenters. The van der Waals surface area contributed by atoms with E-state index in [2.05, 4.69) is 11.9 Å². The fraction of sp³-hybridized carbons (Fsp3) is 0.600. The van der Waals surface area contributed by atoms with E-state index in [1.807, 2.05) is 7.05 Å². The van der Waals surface area contributed by atoms with Crippen LogP contribution in [-0.2, 0) is 0 Å². The van der Waals surface area contributed by atoms with Gasteiger partial charge in [0.15, 0.2) is 0 Å². The molecule has 1 aliphatic rings. The molecule has 20 heavy (non-hydrogen) atoms. The molecule has 1 amide bonds. The Kier molecular flexibility index (Phi) is 4.86. The third-order valence-corrected chi connectivity index (χ3v) is 4.64. The SMILES string of the molecule is CCC1CCC(N(C)C(=O)c2nc(N)ccc2Cl)CC1. The van der Waals surface area contributed by atoms with Gasteiger partial charge in [-0.05, 0) is 43.7 Å². The second-order valence-corrected chi connectivity index (χ2v) is 5.97. The fourth-order valence-electron chi connectivity index (χ4n) is 2.88. The molecule has 1 aromatic heterocycles. The number of hydrogen-bond donors (Lipinski definition) is 1. The Morgan fingerprint density at radius 3 is 2.65 bits per heavy atom. The van der Waals surface area contributed by atoms with E-state index in [9.17, 15) is 4.79 Å². The number of aromatic nitrogens is 1. The molecule has 0 unspecified atom stereocenters. The molecule has 1 heterocycles. The minimum atomic E-state index is -0.137. The zero-order valence-electron chi connectivity index (χ0n) is 12.1. The molecule has 0 spiro atoms. The van der Waals surface area contributed by atoms with Crippen LogP contribution >= 0.6 is 11.6 Å². The van der Waals surface area contributed by atoms with Crippen molar-refractivity contribution in [3.8, 4) is 0 Å². The average Bonchev–Trinajstić information content (AvgIpc) is 2.48. The smallest absolute Gasteiger partial charge is 0.274 e. The van der Waals surface area contributed by atoms with Gasteiger partial charge in [-0.3, -0.25) is 4.79 Å². The maximum absolute atomic E-state index is 12.5. The first-order valence-electron chi connectivity index (χ1n) is 7.22. The highest BCUT2D eigenvalue weighted by atomic mass is 35.5. The number of hydrogen-bond acceptors (Lipinski definition) is 3. The largest absolute Gasteiger partial charge is 0.384 e. The number of anilines is 1. The van der Waals surface area contributed by atoms with Gasteiger partial charge in [-0.2, -0.15) is 0 Å². The van der Waals surface area contributed by atoms with Crippen LogP contribution in [0.5, 0.6) is 0 Å². The van der Waals surface area contributed by atoms with E-state index in [0.29, 0.717) is 10.8 Å². The Labute approximate surface area is 125 Å². The highest BCUT2D eigenvalue weighted by Crippen LogP contribution is 2.30. The van der Waals surface area contributed by atoms with Gasteiger partial charge in [0.1, 0.15) is 11.5 Å². The van der Waals surface area contributed by atoms with Gasteiger partial charge in [0, 0.05) is 13.1 Å². The van der Waals surface area contributed by atoms with E-state index in [1.54, 1.807) is 17.0 Å². The Balaban J connectivity index is 2.07. The quantitative estimate of drug-likeness (QED) is 0.930. The van der Waals surface area contributed by atoms with Crippen LogP contribution in [0.2, 0.25) is 5.02 Å². The van der Waals surface area contributed by atoms with Crippen molar-refractivity contribution in [2.24, 2.45) is 5.92 Å². The molecular weight excluding hydrogens is 274 g/mol. The normalized spacial score (nSPS) is 22.6. The first kappa shape index (κ1) is 15.1. The summed E-state index contributed by atoms with van der Waals surface area (Å²) in [5.41, 5.74) is 5.90. The van der Waals surface area contributed by atoms with E-state index in [0.717, 1.165) is 18.8 Å². The molecule has 5 heteroatoms. The van der Waals surface area contributed by atoms with Crippen LogP contribution in [0.1, 0.15) is 49.5 Å². The second kappa shape index (κ2) is 6.44. The number of carbonyl (C=O) groups excluding carboxylic acids is 1. The molecule has 0 aromatic carbocycles. The van der Waals surface area contributed by atoms with E-state index in [4.69, 9.17) is 17.3 Å². The number of halogens is 1. The summed E-state index contributed by atoms with van der Waals surface area (Å²) in [4.78, 5) is 18.3. The molecule has 1 fully saturated rings. The number of nitrogens with zero attached hydrogens (tertiary/aromatic N) is 2. The molecule has 110 valence electrons. The summed E-state index contributed by atoms with van der Waals surface area (Å²) in [6.45, 7) is 2.23. The molecule has 1 saturated carbocycles. The summed E-state index contributed by atoms with van der Waals surface area (Å²) >= 11 is 6.05. The summed E-state index contributed by atoms with van der Waals surface area (Å²) in [6.07, 6.45) is 5.72. The van der Waals surface area contributed by atoms with Crippen LogP contribution in [0.3, 0.4) is 0 Å². The highest BCUT2D eigenvalue weighted by Gasteiger charge is 2.27. The van der Waals surface area contributed by atoms with Crippen molar-refractivity contribution in [1.82, 2.24) is 9.88 Å². The number of nitrogen functional groups attached to an aromatic ring is 1. The Morgan fingerprint density at radius 2 is 2.05 bits per heavy atom. The third-order valence-electron chi connectivity index (χ3n) is 4.33. The van der Waals surface area contributed by atoms with Crippen LogP contribution in [-0.4, -0.2) is 28.9 Å². The topological polar surface area (TPSA) is 59.2 Å². The number of pyridine rings is 1. The zero-order chi connectivity index (χ0) is 14.7. The van der Waals surface area contributed by atoms with Gasteiger partial charge in [0.25, 0.3) is 5.91 Å². The summed E-state index contributed by atoms with van der Waals surface area (Å²) < 4.78 is 0. The molecule has 0 saturated heterocycles. The van der Waals surface area contributed by atoms with Gasteiger partial charge >= 0.3 is 0 Å². The van der Waals surface area contributed by atoms with E-state index in [-0.39, 0.29) is 17.6 Å². The molecule has 1 aliphatic carbocycles. The molecule has 0 bridgehead atoms. The number of nitrogens with two attached hydrogens (primary N) is 1. The Morgan fingerprint density at radius 1 is 1.40 bits per heavy atom. The van der Waals surface area contributed by atoms with Gasteiger partial charge in [0.05, 0.1) is 5.02 Å². The molecule has 1 aromatic rings. The number of amides is 1. The Bertz CT molecular complexity index is 484. The van der Waals surface area contributed by atoms with Gasteiger partial charge in [0.2, 0.25) is 0 Å². The van der Waals surface area contributed by atoms with Crippen molar-refractivity contribution >= 4 is 23.3 Å². The second-order valence-electron chi connectivity index (χ2n) is 5.57. The van der Waals surface area contributed by atoms with Crippen molar-refractivity contribution in [2.75, 3.05) is 12.8 Å². The fourth-order valence-corrected chi connectivity index (χ4v) is 3.07. The van der Waals surface area contributed by atoms with Crippen molar-refractivity contribution < 1.29 is 4.79 Å². The predicted molar refractivity (Wildman–Crippen MR) is 81.8 cm³/mol. The zero-order valence-corrected chi connectivity index (χ0v) is 12.9. The summed E-state index contributed by atoms with van der Waals surface area (Å²) in [6, 6.07) is 3.51. The average molecular weight is 296 g/mol. The monoisotopic (exact) mass is 295 g/mol. The molecular formula is C15H22ClN3O. The molecule has 0 radical (unpaired) electrons. The van der Waals surface area contributed by atoms with Crippen molar-refractivity contribution in [1.29, 1.82) is 0 Å². The lowest BCUT2D eigenvalue weighted by Crippen LogP contribution is -2.40. The van der Waals surface area contributed by atoms with Crippen molar-refractivity contribution in [2.45, 2.75) is 45.1 Å². The van der Waals surface area contributed by atoms with Gasteiger partial charge < -0.3 is 10.6 Å². The highest BCUT2D eigenvalue weighted by molar-refractivity contribution is 6.33. The van der Waals surface area contributed by atoms with Crippen LogP contribution in [0.15, 0.2) is 12.1 Å². The first-order valence-corrected chi connectivity index (χ1v) is 7.60. The lowest BCUT2D eigenvalue weighted by Gasteiger charge is -2.34. The minimum absolute atomic E-state index is 0.137. The van der Waals surface area contributed by atoms with Gasteiger partial charge in [-0.25, -0.2) is 4.98 Å². The van der Waals surface area contributed by atoms with E-state index < -0.39 is 0 Å².